The van der Waals surface area contributed by atoms with Crippen LogP contribution in [0.3, 0.4) is 0 Å². The van der Waals surface area contributed by atoms with Gasteiger partial charge in [0.2, 0.25) is 0 Å². The maximum absolute atomic E-state index is 7.50. The number of benzene rings is 2. The molecule has 0 bridgehead atoms. The van der Waals surface area contributed by atoms with Crippen molar-refractivity contribution in [3.63, 3.8) is 0 Å². The molecule has 2 rings (SSSR count). The summed E-state index contributed by atoms with van der Waals surface area (Å²) in [5, 5.41) is 2.21. The zero-order valence-corrected chi connectivity index (χ0v) is 51.6. The summed E-state index contributed by atoms with van der Waals surface area (Å²) in [6.07, 6.45) is 0. The number of rotatable bonds is 14. The van der Waals surface area contributed by atoms with Crippen molar-refractivity contribution in [2.75, 3.05) is 0 Å². The van der Waals surface area contributed by atoms with Crippen molar-refractivity contribution < 1.29 is 37.1 Å². The van der Waals surface area contributed by atoms with Gasteiger partial charge in [-0.1, -0.05) is 0 Å². The Kier molecular flexibility index (Phi) is 29.9. The predicted octanol–water partition coefficient (Wildman–Crippen LogP) is 13.0. The summed E-state index contributed by atoms with van der Waals surface area (Å²) < 4.78 is 41.2. The van der Waals surface area contributed by atoms with Gasteiger partial charge in [-0.15, -0.1) is 0 Å². The molecule has 2 aromatic rings. The minimum atomic E-state index is -2.20. The van der Waals surface area contributed by atoms with Gasteiger partial charge in [-0.2, -0.15) is 0 Å². The van der Waals surface area contributed by atoms with Crippen molar-refractivity contribution in [1.29, 1.82) is 0 Å². The molecule has 5 nitrogen and oxygen atoms in total. The number of hydrogen-bond acceptors (Lipinski definition) is 0. The molecule has 0 radical (unpaired) electrons. The van der Waals surface area contributed by atoms with Gasteiger partial charge in [0.1, 0.15) is 0 Å². The zero-order chi connectivity index (χ0) is 49.5. The van der Waals surface area contributed by atoms with E-state index < -0.39 is 60.3 Å². The van der Waals surface area contributed by atoms with Crippen LogP contribution in [0, 0.1) is 33.3 Å². The second-order valence-corrected chi connectivity index (χ2v) is 63.8. The molecule has 334 valence electrons. The van der Waals surface area contributed by atoms with E-state index in [1.54, 1.807) is 21.1 Å². The molecule has 0 heterocycles. The second-order valence-electron chi connectivity index (χ2n) is 23.4. The maximum atomic E-state index is 7.50. The molecular formula is C47H82CrGeO5Si6. The monoisotopic (exact) mass is 1020 g/mol. The van der Waals surface area contributed by atoms with Crippen molar-refractivity contribution in [2.45, 2.75) is 193 Å². The van der Waals surface area contributed by atoms with Crippen molar-refractivity contribution in [2.24, 2.45) is 0 Å². The molecule has 0 spiro atoms. The van der Waals surface area contributed by atoms with Gasteiger partial charge in [0.05, 0.1) is 0 Å². The average molecular weight is 1020 g/mol. The molecule has 0 aromatic heterocycles. The Morgan fingerprint density at radius 3 is 0.733 bits per heavy atom. The molecule has 0 N–H and O–H groups in total. The van der Waals surface area contributed by atoms with E-state index in [4.69, 9.17) is 23.3 Å². The van der Waals surface area contributed by atoms with Crippen LogP contribution in [0.15, 0.2) is 24.3 Å². The first-order valence-electron chi connectivity index (χ1n) is 21.0. The fourth-order valence-corrected chi connectivity index (χ4v) is 59.0. The molecule has 0 aliphatic carbocycles. The summed E-state index contributed by atoms with van der Waals surface area (Å²) in [5.41, 5.74) is 10.3. The Bertz CT molecular complexity index is 1610. The second kappa shape index (κ2) is 27.1. The summed E-state index contributed by atoms with van der Waals surface area (Å²) in [4.78, 5) is 0. The molecule has 13 heteroatoms. The predicted molar refractivity (Wildman–Crippen MR) is 268 cm³/mol. The number of hydrogen-bond donors (Lipinski definition) is 0. The normalized spacial score (nSPS) is 12.1. The fraction of sp³-hybridized carbons (Fsp3) is 0.638. The van der Waals surface area contributed by atoms with E-state index in [1.165, 1.54) is 5.56 Å². The molecule has 0 amide bonds. The van der Waals surface area contributed by atoms with E-state index in [1.807, 2.05) is 15.5 Å². The van der Waals surface area contributed by atoms with Crippen molar-refractivity contribution >= 4 is 69.1 Å². The van der Waals surface area contributed by atoms with Gasteiger partial charge in [-0.25, -0.2) is 0 Å². The van der Waals surface area contributed by atoms with E-state index in [0.717, 1.165) is 15.5 Å². The van der Waals surface area contributed by atoms with Gasteiger partial charge in [0.15, 0.2) is 0 Å². The van der Waals surface area contributed by atoms with Gasteiger partial charge in [-0.3, -0.25) is 0 Å². The molecular weight excluding hydrogens is 938 g/mol. The van der Waals surface area contributed by atoms with Crippen LogP contribution >= 0.6 is 0 Å². The third kappa shape index (κ3) is 18.6. The summed E-state index contributed by atoms with van der Waals surface area (Å²) in [6.45, 7) is 85.8. The Morgan fingerprint density at radius 1 is 0.350 bits per heavy atom. The van der Waals surface area contributed by atoms with Gasteiger partial charge in [0.25, 0.3) is 0 Å². The first-order chi connectivity index (χ1) is 27.0. The molecule has 0 saturated carbocycles. The van der Waals surface area contributed by atoms with E-state index in [0.29, 0.717) is 17.8 Å². The van der Waals surface area contributed by atoms with Crippen LogP contribution in [0.5, 0.6) is 0 Å². The standard InChI is InChI=1S/C42H82GeSi6.5CO.Cr/c1-29(2)32-25-34(30(3)4)38(35(26-32)31(5)6)43-39-36(41(46(13,14)15)47(16,17)18)27-33(40(44(7,8)9)45(10,11)12)28-37(39)42(48(19,20)21)49(22,23)24;5*1-2;/h25-31,40-42H,1-24H3;;;;;;. The molecule has 0 fully saturated rings. The van der Waals surface area contributed by atoms with Crippen molar-refractivity contribution in [3.8, 4) is 0 Å². The molecule has 60 heavy (non-hydrogen) atoms. The van der Waals surface area contributed by atoms with E-state index >= 15 is 0 Å². The van der Waals surface area contributed by atoms with Gasteiger partial charge in [-0.05, 0) is 0 Å². The molecule has 0 saturated heterocycles. The molecule has 0 atom stereocenters. The van der Waals surface area contributed by atoms with E-state index in [9.17, 15) is 0 Å². The van der Waals surface area contributed by atoms with Crippen molar-refractivity contribution in [3.05, 3.63) is 90.9 Å². The fourth-order valence-electron chi connectivity index (χ4n) is 10.7. The third-order valence-electron chi connectivity index (χ3n) is 11.0. The first kappa shape index (κ1) is 66.1. The Balaban J connectivity index is -0.00000145. The quantitative estimate of drug-likeness (QED) is 0.102. The molecule has 0 unspecified atom stereocenters. The summed E-state index contributed by atoms with van der Waals surface area (Å²) in [7, 11) is -9.50. The third-order valence-corrected chi connectivity index (χ3v) is 46.5. The van der Waals surface area contributed by atoms with Gasteiger partial charge in [0, 0.05) is 0 Å². The van der Waals surface area contributed by atoms with Crippen LogP contribution in [-0.4, -0.2) is 60.3 Å². The summed E-state index contributed by atoms with van der Waals surface area (Å²) >= 11 is 2.00. The Hall–Kier alpha value is -0.483. The SMILES string of the molecule is CC(C)c1cc(C(C)C)[c]([Ge](=[Cr])[c]2c(C([Si](C)(C)C)[Si](C)(C)C)cc(C([Si](C)(C)C)[Si](C)(C)C)cc2C([Si](C)(C)C)[Si](C)(C)C)c(C(C)C)c1.[C-]#[O+].[C-]#[O+].[C-]#[O+].[C-]#[O+].[C-]#[O+]. The van der Waals surface area contributed by atoms with Crippen LogP contribution in [-0.2, 0) is 37.1 Å². The van der Waals surface area contributed by atoms with Gasteiger partial charge >= 0.3 is 390 Å². The van der Waals surface area contributed by atoms with E-state index in [2.05, 4.69) is 231 Å². The van der Waals surface area contributed by atoms with Gasteiger partial charge < -0.3 is 0 Å². The van der Waals surface area contributed by atoms with Crippen LogP contribution in [0.2, 0.25) is 118 Å². The Labute approximate surface area is 386 Å². The molecule has 0 aliphatic heterocycles. The summed E-state index contributed by atoms with van der Waals surface area (Å²) in [5.74, 6) is 1.57. The van der Waals surface area contributed by atoms with Crippen LogP contribution < -0.4 is 8.79 Å². The molecule has 2 aromatic carbocycles. The van der Waals surface area contributed by atoms with Crippen LogP contribution in [0.1, 0.15) is 108 Å². The summed E-state index contributed by atoms with van der Waals surface area (Å²) in [6, 6.07) is 11.2. The van der Waals surface area contributed by atoms with Crippen LogP contribution in [0.4, 0.5) is 0 Å². The van der Waals surface area contributed by atoms with E-state index in [-0.39, 0.29) is 0 Å². The van der Waals surface area contributed by atoms with Crippen molar-refractivity contribution in [1.82, 2.24) is 0 Å². The first-order valence-corrected chi connectivity index (χ1v) is 48.7. The minimum absolute atomic E-state index is 0.515. The Morgan fingerprint density at radius 2 is 0.550 bits per heavy atom. The zero-order valence-electron chi connectivity index (χ0n) is 42.2. The average Bonchev–Trinajstić information content (AvgIpc) is 3.08. The topological polar surface area (TPSA) is 99.5 Å². The molecule has 0 aliphatic rings. The van der Waals surface area contributed by atoms with Crippen LogP contribution in [0.25, 0.3) is 0 Å².